The highest BCUT2D eigenvalue weighted by Crippen LogP contribution is 2.15. The van der Waals surface area contributed by atoms with E-state index in [1.54, 1.807) is 6.07 Å². The number of nitrogens with one attached hydrogen (secondary N) is 2. The van der Waals surface area contributed by atoms with Crippen LogP contribution in [-0.2, 0) is 6.54 Å². The van der Waals surface area contributed by atoms with Crippen LogP contribution >= 0.6 is 0 Å². The lowest BCUT2D eigenvalue weighted by Crippen LogP contribution is -2.10. The minimum Gasteiger partial charge on any atom is -0.478 e. The molecule has 5 nitrogen and oxygen atoms in total. The zero-order valence-corrected chi connectivity index (χ0v) is 12.8. The van der Waals surface area contributed by atoms with Crippen molar-refractivity contribution in [2.45, 2.75) is 33.4 Å². The second-order valence-electron chi connectivity index (χ2n) is 5.03. The van der Waals surface area contributed by atoms with E-state index in [1.807, 2.05) is 13.0 Å². The van der Waals surface area contributed by atoms with Crippen molar-refractivity contribution in [3.63, 3.8) is 0 Å². The number of hydrogen-bond donors (Lipinski definition) is 2. The number of benzene rings is 1. The van der Waals surface area contributed by atoms with Crippen molar-refractivity contribution in [1.29, 1.82) is 0 Å². The minimum atomic E-state index is 0.420. The van der Waals surface area contributed by atoms with Crippen LogP contribution in [0.4, 0.5) is 11.5 Å². The van der Waals surface area contributed by atoms with E-state index in [0.29, 0.717) is 25.1 Å². The van der Waals surface area contributed by atoms with Crippen molar-refractivity contribution in [2.24, 2.45) is 0 Å². The summed E-state index contributed by atoms with van der Waals surface area (Å²) in [6.45, 7) is 7.49. The summed E-state index contributed by atoms with van der Waals surface area (Å²) in [4.78, 5) is 8.24. The van der Waals surface area contributed by atoms with Gasteiger partial charge in [0.05, 0.1) is 6.61 Å². The molecule has 0 saturated carbocycles. The largest absolute Gasteiger partial charge is 0.478 e. The smallest absolute Gasteiger partial charge is 0.218 e. The van der Waals surface area contributed by atoms with Crippen LogP contribution in [0.25, 0.3) is 0 Å². The molecule has 0 fully saturated rings. The average Bonchev–Trinajstić information content (AvgIpc) is 2.46. The Hall–Kier alpha value is -2.30. The topological polar surface area (TPSA) is 59.1 Å². The summed E-state index contributed by atoms with van der Waals surface area (Å²) >= 11 is 0. The lowest BCUT2D eigenvalue weighted by Gasteiger charge is -2.12. The molecule has 0 aliphatic rings. The number of aromatic nitrogens is 2. The third-order valence-electron chi connectivity index (χ3n) is 2.79. The molecule has 2 aromatic rings. The van der Waals surface area contributed by atoms with Gasteiger partial charge in [0.25, 0.3) is 0 Å². The van der Waals surface area contributed by atoms with Crippen LogP contribution in [0.15, 0.2) is 36.7 Å². The van der Waals surface area contributed by atoms with Crippen LogP contribution in [-0.4, -0.2) is 22.6 Å². The lowest BCUT2D eigenvalue weighted by atomic mass is 10.2. The summed E-state index contributed by atoms with van der Waals surface area (Å²) in [5, 5.41) is 6.68. The molecule has 0 aliphatic carbocycles. The Morgan fingerprint density at radius 1 is 1.19 bits per heavy atom. The Labute approximate surface area is 125 Å². The molecule has 2 rings (SSSR count). The van der Waals surface area contributed by atoms with E-state index in [2.05, 4.69) is 52.6 Å². The monoisotopic (exact) mass is 286 g/mol. The van der Waals surface area contributed by atoms with Gasteiger partial charge >= 0.3 is 0 Å². The Bertz CT molecular complexity index is 572. The number of anilines is 2. The van der Waals surface area contributed by atoms with Gasteiger partial charge in [0, 0.05) is 24.3 Å². The fraction of sp³-hybridized carbons (Fsp3) is 0.375. The van der Waals surface area contributed by atoms with Gasteiger partial charge in [-0.25, -0.2) is 9.97 Å². The van der Waals surface area contributed by atoms with Crippen molar-refractivity contribution in [3.8, 4) is 5.88 Å². The van der Waals surface area contributed by atoms with Crippen LogP contribution in [0.1, 0.15) is 26.3 Å². The zero-order valence-electron chi connectivity index (χ0n) is 12.8. The maximum Gasteiger partial charge on any atom is 0.218 e. The third-order valence-corrected chi connectivity index (χ3v) is 2.79. The fourth-order valence-corrected chi connectivity index (χ4v) is 1.96. The first-order valence-electron chi connectivity index (χ1n) is 7.21. The average molecular weight is 286 g/mol. The minimum absolute atomic E-state index is 0.420. The SMILES string of the molecule is CCOc1cc(NCc2cccc(NC(C)C)c2)ncn1. The molecular weight excluding hydrogens is 264 g/mol. The van der Waals surface area contributed by atoms with E-state index in [-0.39, 0.29) is 0 Å². The van der Waals surface area contributed by atoms with Gasteiger partial charge in [-0.3, -0.25) is 0 Å². The van der Waals surface area contributed by atoms with E-state index in [1.165, 1.54) is 11.9 Å². The predicted octanol–water partition coefficient (Wildman–Crippen LogP) is 3.31. The summed E-state index contributed by atoms with van der Waals surface area (Å²) in [6, 6.07) is 10.6. The molecular formula is C16H22N4O. The normalized spacial score (nSPS) is 10.5. The Kier molecular flexibility index (Phi) is 5.37. The highest BCUT2D eigenvalue weighted by atomic mass is 16.5. The number of nitrogens with zero attached hydrogens (tertiary/aromatic N) is 2. The molecule has 0 amide bonds. The quantitative estimate of drug-likeness (QED) is 0.817. The van der Waals surface area contributed by atoms with Crippen LogP contribution in [0.3, 0.4) is 0 Å². The van der Waals surface area contributed by atoms with Crippen LogP contribution in [0, 0.1) is 0 Å². The summed E-state index contributed by atoms with van der Waals surface area (Å²) in [5.41, 5.74) is 2.32. The van der Waals surface area contributed by atoms with Crippen molar-refractivity contribution in [1.82, 2.24) is 9.97 Å². The molecule has 0 bridgehead atoms. The fourth-order valence-electron chi connectivity index (χ4n) is 1.96. The molecule has 1 heterocycles. The Balaban J connectivity index is 1.97. The molecule has 1 aromatic carbocycles. The summed E-state index contributed by atoms with van der Waals surface area (Å²) < 4.78 is 5.36. The molecule has 0 atom stereocenters. The van der Waals surface area contributed by atoms with E-state index in [0.717, 1.165) is 11.5 Å². The second-order valence-corrected chi connectivity index (χ2v) is 5.03. The molecule has 0 aliphatic heterocycles. The molecule has 21 heavy (non-hydrogen) atoms. The van der Waals surface area contributed by atoms with Crippen molar-refractivity contribution < 1.29 is 4.74 Å². The van der Waals surface area contributed by atoms with E-state index < -0.39 is 0 Å². The molecule has 112 valence electrons. The third kappa shape index (κ3) is 4.95. The van der Waals surface area contributed by atoms with Gasteiger partial charge in [-0.15, -0.1) is 0 Å². The molecule has 0 radical (unpaired) electrons. The van der Waals surface area contributed by atoms with E-state index in [4.69, 9.17) is 4.74 Å². The van der Waals surface area contributed by atoms with Gasteiger partial charge in [-0.1, -0.05) is 12.1 Å². The summed E-state index contributed by atoms with van der Waals surface area (Å²) in [5.74, 6) is 1.35. The number of hydrogen-bond acceptors (Lipinski definition) is 5. The molecule has 5 heteroatoms. The van der Waals surface area contributed by atoms with Crippen molar-refractivity contribution in [2.75, 3.05) is 17.2 Å². The van der Waals surface area contributed by atoms with E-state index in [9.17, 15) is 0 Å². The van der Waals surface area contributed by atoms with Crippen LogP contribution < -0.4 is 15.4 Å². The van der Waals surface area contributed by atoms with Gasteiger partial charge in [0.2, 0.25) is 5.88 Å². The second kappa shape index (κ2) is 7.47. The van der Waals surface area contributed by atoms with Gasteiger partial charge < -0.3 is 15.4 Å². The van der Waals surface area contributed by atoms with Crippen LogP contribution in [0.2, 0.25) is 0 Å². The van der Waals surface area contributed by atoms with Crippen molar-refractivity contribution >= 4 is 11.5 Å². The highest BCUT2D eigenvalue weighted by molar-refractivity contribution is 5.47. The molecule has 0 saturated heterocycles. The van der Waals surface area contributed by atoms with Gasteiger partial charge in [0.15, 0.2) is 0 Å². The molecule has 0 spiro atoms. The number of ether oxygens (including phenoxy) is 1. The van der Waals surface area contributed by atoms with Crippen LogP contribution in [0.5, 0.6) is 5.88 Å². The molecule has 0 unspecified atom stereocenters. The van der Waals surface area contributed by atoms with E-state index >= 15 is 0 Å². The standard InChI is InChI=1S/C16H22N4O/c1-4-21-16-9-15(18-11-19-16)17-10-13-6-5-7-14(8-13)20-12(2)3/h5-9,11-12,20H,4,10H2,1-3H3,(H,17,18,19). The van der Waals surface area contributed by atoms with Gasteiger partial charge in [0.1, 0.15) is 12.1 Å². The highest BCUT2D eigenvalue weighted by Gasteiger charge is 2.01. The Morgan fingerprint density at radius 2 is 2.05 bits per heavy atom. The van der Waals surface area contributed by atoms with Gasteiger partial charge in [-0.05, 0) is 38.5 Å². The van der Waals surface area contributed by atoms with Crippen molar-refractivity contribution in [3.05, 3.63) is 42.2 Å². The first-order chi connectivity index (χ1) is 10.2. The first kappa shape index (κ1) is 15.1. The Morgan fingerprint density at radius 3 is 2.81 bits per heavy atom. The zero-order chi connectivity index (χ0) is 15.1. The lowest BCUT2D eigenvalue weighted by molar-refractivity contribution is 0.326. The summed E-state index contributed by atoms with van der Waals surface area (Å²) in [7, 11) is 0. The number of rotatable bonds is 7. The van der Waals surface area contributed by atoms with Gasteiger partial charge in [-0.2, -0.15) is 0 Å². The summed E-state index contributed by atoms with van der Waals surface area (Å²) in [6.07, 6.45) is 1.50. The predicted molar refractivity (Wildman–Crippen MR) is 85.7 cm³/mol. The maximum absolute atomic E-state index is 5.36. The molecule has 1 aromatic heterocycles. The first-order valence-corrected chi connectivity index (χ1v) is 7.21. The molecule has 2 N–H and O–H groups in total. The maximum atomic E-state index is 5.36.